The summed E-state index contributed by atoms with van der Waals surface area (Å²) in [7, 11) is 2.04. The van der Waals surface area contributed by atoms with Crippen molar-refractivity contribution in [2.75, 3.05) is 0 Å². The van der Waals surface area contributed by atoms with Gasteiger partial charge in [0.2, 0.25) is 0 Å². The SMILES string of the molecule is CC[n+]1ccccc1C.Cc1cccc[n+]1C. The molecule has 17 heavy (non-hydrogen) atoms. The molecule has 0 aromatic carbocycles. The molecular formula is C15H22N2+2. The van der Waals surface area contributed by atoms with Gasteiger partial charge < -0.3 is 0 Å². The number of rotatable bonds is 1. The smallest absolute Gasteiger partial charge is 0.178 e. The maximum atomic E-state index is 2.21. The zero-order valence-electron chi connectivity index (χ0n) is 11.2. The lowest BCUT2D eigenvalue weighted by Gasteiger charge is -1.92. The van der Waals surface area contributed by atoms with Gasteiger partial charge in [-0.3, -0.25) is 0 Å². The predicted molar refractivity (Wildman–Crippen MR) is 69.4 cm³/mol. The fourth-order valence-electron chi connectivity index (χ4n) is 1.53. The van der Waals surface area contributed by atoms with Crippen LogP contribution in [0, 0.1) is 13.8 Å². The van der Waals surface area contributed by atoms with E-state index in [0.717, 1.165) is 6.54 Å². The first-order chi connectivity index (χ1) is 8.15. The third-order valence-electron chi connectivity index (χ3n) is 2.82. The van der Waals surface area contributed by atoms with Crippen molar-refractivity contribution >= 4 is 0 Å². The van der Waals surface area contributed by atoms with Crippen molar-refractivity contribution in [2.45, 2.75) is 27.3 Å². The molecule has 0 bridgehead atoms. The first kappa shape index (κ1) is 13.4. The van der Waals surface area contributed by atoms with Gasteiger partial charge in [0.05, 0.1) is 0 Å². The Labute approximate surface area is 104 Å². The van der Waals surface area contributed by atoms with Gasteiger partial charge in [0, 0.05) is 38.1 Å². The molecule has 0 aliphatic rings. The van der Waals surface area contributed by atoms with Crippen LogP contribution in [0.3, 0.4) is 0 Å². The maximum Gasteiger partial charge on any atom is 0.178 e. The summed E-state index contributed by atoms with van der Waals surface area (Å²) in [6.07, 6.45) is 4.13. The fraction of sp³-hybridized carbons (Fsp3) is 0.333. The number of pyridine rings is 2. The van der Waals surface area contributed by atoms with Crippen molar-refractivity contribution in [1.29, 1.82) is 0 Å². The quantitative estimate of drug-likeness (QED) is 0.663. The summed E-state index contributed by atoms with van der Waals surface area (Å²) in [6.45, 7) is 7.41. The van der Waals surface area contributed by atoms with E-state index in [1.807, 2.05) is 25.4 Å². The zero-order chi connectivity index (χ0) is 12.7. The van der Waals surface area contributed by atoms with Crippen LogP contribution in [0.5, 0.6) is 0 Å². The molecule has 0 saturated carbocycles. The molecule has 2 aromatic heterocycles. The summed E-state index contributed by atoms with van der Waals surface area (Å²) in [6, 6.07) is 12.4. The summed E-state index contributed by atoms with van der Waals surface area (Å²) in [5.41, 5.74) is 2.60. The molecule has 2 rings (SSSR count). The molecule has 2 heteroatoms. The van der Waals surface area contributed by atoms with Crippen LogP contribution in [0.25, 0.3) is 0 Å². The minimum atomic E-state index is 1.06. The molecule has 2 heterocycles. The van der Waals surface area contributed by atoms with E-state index in [9.17, 15) is 0 Å². The Morgan fingerprint density at radius 3 is 1.82 bits per heavy atom. The standard InChI is InChI=1S/C8H12N.C7H10N/c1-3-9-7-5-4-6-8(9)2;1-7-5-3-4-6-8(7)2/h4-7H,3H2,1-2H3;3-6H,1-2H3/q2*+1. The molecule has 0 radical (unpaired) electrons. The second-order valence-corrected chi connectivity index (χ2v) is 4.08. The van der Waals surface area contributed by atoms with Crippen molar-refractivity contribution < 1.29 is 9.13 Å². The molecule has 2 aromatic rings. The summed E-state index contributed by atoms with van der Waals surface area (Å²) in [4.78, 5) is 0. The van der Waals surface area contributed by atoms with Crippen molar-refractivity contribution in [2.24, 2.45) is 7.05 Å². The van der Waals surface area contributed by atoms with Crippen LogP contribution in [0.1, 0.15) is 18.3 Å². The maximum absolute atomic E-state index is 2.21. The van der Waals surface area contributed by atoms with Crippen LogP contribution in [0.2, 0.25) is 0 Å². The first-order valence-corrected chi connectivity index (χ1v) is 6.01. The zero-order valence-corrected chi connectivity index (χ0v) is 11.2. The van der Waals surface area contributed by atoms with Gasteiger partial charge in [0.1, 0.15) is 13.6 Å². The van der Waals surface area contributed by atoms with Crippen molar-refractivity contribution in [1.82, 2.24) is 0 Å². The molecule has 0 aliphatic carbocycles. The Balaban J connectivity index is 0.000000171. The second-order valence-electron chi connectivity index (χ2n) is 4.08. The fourth-order valence-corrected chi connectivity index (χ4v) is 1.53. The Kier molecular flexibility index (Phi) is 5.34. The number of hydrogen-bond acceptors (Lipinski definition) is 0. The first-order valence-electron chi connectivity index (χ1n) is 6.01. The summed E-state index contributed by atoms with van der Waals surface area (Å²) < 4.78 is 4.29. The van der Waals surface area contributed by atoms with Gasteiger partial charge in [-0.2, -0.15) is 0 Å². The van der Waals surface area contributed by atoms with Gasteiger partial charge in [-0.1, -0.05) is 12.1 Å². The highest BCUT2D eigenvalue weighted by atomic mass is 14.9. The van der Waals surface area contributed by atoms with E-state index in [1.54, 1.807) is 0 Å². The molecule has 0 N–H and O–H groups in total. The molecule has 0 unspecified atom stereocenters. The average molecular weight is 230 g/mol. The van der Waals surface area contributed by atoms with Crippen molar-refractivity contribution in [3.05, 3.63) is 60.2 Å². The van der Waals surface area contributed by atoms with Gasteiger partial charge >= 0.3 is 0 Å². The van der Waals surface area contributed by atoms with Crippen LogP contribution < -0.4 is 9.13 Å². The molecule has 90 valence electrons. The average Bonchev–Trinajstić information content (AvgIpc) is 2.34. The van der Waals surface area contributed by atoms with E-state index in [2.05, 4.69) is 60.4 Å². The van der Waals surface area contributed by atoms with Gasteiger partial charge in [-0.05, 0) is 6.92 Å². The van der Waals surface area contributed by atoms with Gasteiger partial charge in [0.15, 0.2) is 23.8 Å². The number of aromatic nitrogens is 2. The Hall–Kier alpha value is -1.70. The minimum absolute atomic E-state index is 1.06. The molecule has 0 saturated heterocycles. The number of hydrogen-bond donors (Lipinski definition) is 0. The van der Waals surface area contributed by atoms with Crippen molar-refractivity contribution in [3.8, 4) is 0 Å². The largest absolute Gasteiger partial charge is 0.205 e. The molecule has 0 spiro atoms. The third kappa shape index (κ3) is 4.35. The van der Waals surface area contributed by atoms with E-state index < -0.39 is 0 Å². The Morgan fingerprint density at radius 1 is 0.882 bits per heavy atom. The molecule has 0 amide bonds. The van der Waals surface area contributed by atoms with E-state index in [1.165, 1.54) is 11.4 Å². The van der Waals surface area contributed by atoms with E-state index in [4.69, 9.17) is 0 Å². The lowest BCUT2D eigenvalue weighted by atomic mass is 10.4. The van der Waals surface area contributed by atoms with Crippen LogP contribution in [-0.4, -0.2) is 0 Å². The Bertz CT molecular complexity index is 443. The van der Waals surface area contributed by atoms with E-state index in [0.29, 0.717) is 0 Å². The number of nitrogens with zero attached hydrogens (tertiary/aromatic N) is 2. The molecular weight excluding hydrogens is 208 g/mol. The van der Waals surface area contributed by atoms with Crippen LogP contribution in [-0.2, 0) is 13.6 Å². The highest BCUT2D eigenvalue weighted by molar-refractivity contribution is 4.94. The van der Waals surface area contributed by atoms with Gasteiger partial charge in [0.25, 0.3) is 0 Å². The summed E-state index contributed by atoms with van der Waals surface area (Å²) >= 11 is 0. The van der Waals surface area contributed by atoms with Gasteiger partial charge in [-0.15, -0.1) is 0 Å². The molecule has 0 atom stereocenters. The summed E-state index contributed by atoms with van der Waals surface area (Å²) in [5, 5.41) is 0. The van der Waals surface area contributed by atoms with Crippen molar-refractivity contribution in [3.63, 3.8) is 0 Å². The predicted octanol–water partition coefficient (Wildman–Crippen LogP) is 2.12. The minimum Gasteiger partial charge on any atom is -0.205 e. The van der Waals surface area contributed by atoms with E-state index in [-0.39, 0.29) is 0 Å². The highest BCUT2D eigenvalue weighted by Crippen LogP contribution is 1.86. The van der Waals surface area contributed by atoms with E-state index >= 15 is 0 Å². The second kappa shape index (κ2) is 6.79. The lowest BCUT2D eigenvalue weighted by Crippen LogP contribution is -2.34. The lowest BCUT2D eigenvalue weighted by molar-refractivity contribution is -0.699. The highest BCUT2D eigenvalue weighted by Gasteiger charge is 1.97. The molecule has 0 aliphatic heterocycles. The Morgan fingerprint density at radius 2 is 1.47 bits per heavy atom. The number of aryl methyl sites for hydroxylation is 4. The normalized spacial score (nSPS) is 9.41. The third-order valence-corrected chi connectivity index (χ3v) is 2.82. The van der Waals surface area contributed by atoms with Crippen LogP contribution in [0.4, 0.5) is 0 Å². The molecule has 2 nitrogen and oxygen atoms in total. The summed E-state index contributed by atoms with van der Waals surface area (Å²) in [5.74, 6) is 0. The van der Waals surface area contributed by atoms with Crippen LogP contribution in [0.15, 0.2) is 48.8 Å². The molecule has 0 fully saturated rings. The monoisotopic (exact) mass is 230 g/mol. The van der Waals surface area contributed by atoms with Gasteiger partial charge in [-0.25, -0.2) is 9.13 Å². The topological polar surface area (TPSA) is 7.76 Å². The van der Waals surface area contributed by atoms with Crippen LogP contribution >= 0.6 is 0 Å².